The summed E-state index contributed by atoms with van der Waals surface area (Å²) in [7, 11) is 1.41. The number of ether oxygens (including phenoxy) is 2. The first-order valence-electron chi connectivity index (χ1n) is 4.66. The molecule has 0 aliphatic carbocycles. The summed E-state index contributed by atoms with van der Waals surface area (Å²) >= 11 is 0. The monoisotopic (exact) mass is 260 g/mol. The van der Waals surface area contributed by atoms with Crippen LogP contribution >= 0.6 is 0 Å². The molecule has 0 aliphatic rings. The van der Waals surface area contributed by atoms with Crippen LogP contribution in [0.15, 0.2) is 18.3 Å². The van der Waals surface area contributed by atoms with Crippen LogP contribution in [-0.2, 0) is 6.18 Å². The van der Waals surface area contributed by atoms with Gasteiger partial charge in [0, 0.05) is 12.1 Å². The van der Waals surface area contributed by atoms with E-state index in [9.17, 15) is 13.2 Å². The molecule has 0 saturated carbocycles. The Hall–Kier alpha value is -2.32. The number of aromatic nitrogens is 4. The summed E-state index contributed by atoms with van der Waals surface area (Å²) in [6.07, 6.45) is -3.17. The third-order valence-corrected chi connectivity index (χ3v) is 1.91. The Kier molecular flexibility index (Phi) is 3.04. The van der Waals surface area contributed by atoms with Crippen LogP contribution in [0, 0.1) is 0 Å². The first-order chi connectivity index (χ1) is 8.49. The topological polar surface area (TPSA) is 72.9 Å². The molecular weight excluding hydrogens is 253 g/mol. The molecule has 1 N–H and O–H groups in total. The first kappa shape index (κ1) is 12.1. The zero-order chi connectivity index (χ0) is 13.2. The van der Waals surface area contributed by atoms with E-state index < -0.39 is 11.9 Å². The molecule has 0 aromatic carbocycles. The zero-order valence-electron chi connectivity index (χ0n) is 9.02. The summed E-state index contributed by atoms with van der Waals surface area (Å²) in [6, 6.07) is 2.09. The lowest BCUT2D eigenvalue weighted by Crippen LogP contribution is -2.04. The molecule has 0 aliphatic heterocycles. The van der Waals surface area contributed by atoms with Gasteiger partial charge in [-0.25, -0.2) is 0 Å². The third-order valence-electron chi connectivity index (χ3n) is 1.91. The van der Waals surface area contributed by atoms with Crippen molar-refractivity contribution < 1.29 is 22.6 Å². The van der Waals surface area contributed by atoms with E-state index in [-0.39, 0.29) is 11.8 Å². The maximum atomic E-state index is 12.3. The Morgan fingerprint density at radius 3 is 2.61 bits per heavy atom. The maximum absolute atomic E-state index is 12.3. The highest BCUT2D eigenvalue weighted by Crippen LogP contribution is 2.30. The smallest absolute Gasteiger partial charge is 0.432 e. The van der Waals surface area contributed by atoms with Crippen molar-refractivity contribution in [3.8, 4) is 17.5 Å². The largest absolute Gasteiger partial charge is 0.495 e. The summed E-state index contributed by atoms with van der Waals surface area (Å²) in [5, 5.41) is 12.3. The molecule has 0 atom stereocenters. The van der Waals surface area contributed by atoms with E-state index in [1.54, 1.807) is 0 Å². The van der Waals surface area contributed by atoms with Crippen LogP contribution in [0.3, 0.4) is 0 Å². The van der Waals surface area contributed by atoms with E-state index in [1.807, 2.05) is 5.10 Å². The van der Waals surface area contributed by atoms with Crippen molar-refractivity contribution in [3.63, 3.8) is 0 Å². The van der Waals surface area contributed by atoms with Crippen molar-refractivity contribution in [2.24, 2.45) is 0 Å². The number of nitrogens with zero attached hydrogens (tertiary/aromatic N) is 3. The number of methoxy groups -OCH3 is 1. The molecule has 0 fully saturated rings. The minimum atomic E-state index is -4.51. The standard InChI is InChI=1S/C9H7F3N4O2/c1-17-5-2-7(15-13-4-5)18-8-3-6(14-16-8)9(10,11)12/h2-4H,1H3,(H,14,16). The van der Waals surface area contributed by atoms with Gasteiger partial charge in [-0.2, -0.15) is 18.3 Å². The van der Waals surface area contributed by atoms with Crippen LogP contribution in [-0.4, -0.2) is 27.5 Å². The molecule has 9 heteroatoms. The van der Waals surface area contributed by atoms with Crippen LogP contribution in [0.1, 0.15) is 5.69 Å². The summed E-state index contributed by atoms with van der Waals surface area (Å²) < 4.78 is 46.7. The van der Waals surface area contributed by atoms with E-state index in [0.29, 0.717) is 5.75 Å². The van der Waals surface area contributed by atoms with Gasteiger partial charge in [0.05, 0.1) is 13.3 Å². The van der Waals surface area contributed by atoms with Crippen molar-refractivity contribution in [2.75, 3.05) is 7.11 Å². The van der Waals surface area contributed by atoms with Gasteiger partial charge in [-0.1, -0.05) is 0 Å². The molecule has 18 heavy (non-hydrogen) atoms. The van der Waals surface area contributed by atoms with Crippen LogP contribution in [0.25, 0.3) is 0 Å². The van der Waals surface area contributed by atoms with Gasteiger partial charge < -0.3 is 9.47 Å². The third kappa shape index (κ3) is 2.67. The number of hydrogen-bond acceptors (Lipinski definition) is 5. The van der Waals surface area contributed by atoms with Crippen molar-refractivity contribution in [3.05, 3.63) is 24.0 Å². The molecule has 96 valence electrons. The molecule has 2 aromatic rings. The highest BCUT2D eigenvalue weighted by molar-refractivity contribution is 5.27. The first-order valence-corrected chi connectivity index (χ1v) is 4.66. The SMILES string of the molecule is COc1cnnc(Oc2cc(C(F)(F)F)[nH]n2)c1. The molecule has 6 nitrogen and oxygen atoms in total. The fraction of sp³-hybridized carbons (Fsp3) is 0.222. The summed E-state index contributed by atoms with van der Waals surface area (Å²) in [5.41, 5.74) is -1.01. The normalized spacial score (nSPS) is 11.3. The molecule has 0 radical (unpaired) electrons. The molecule has 2 rings (SSSR count). The number of hydrogen-bond donors (Lipinski definition) is 1. The van der Waals surface area contributed by atoms with Gasteiger partial charge in [0.2, 0.25) is 11.8 Å². The molecule has 2 aromatic heterocycles. The molecule has 0 bridgehead atoms. The van der Waals surface area contributed by atoms with Crippen molar-refractivity contribution in [1.82, 2.24) is 20.4 Å². The summed E-state index contributed by atoms with van der Waals surface area (Å²) in [4.78, 5) is 0. The minimum Gasteiger partial charge on any atom is -0.495 e. The van der Waals surface area contributed by atoms with Gasteiger partial charge in [-0.15, -0.1) is 10.2 Å². The number of nitrogens with one attached hydrogen (secondary N) is 1. The molecular formula is C9H7F3N4O2. The van der Waals surface area contributed by atoms with Crippen LogP contribution in [0.5, 0.6) is 17.5 Å². The van der Waals surface area contributed by atoms with E-state index in [4.69, 9.17) is 9.47 Å². The van der Waals surface area contributed by atoms with Gasteiger partial charge in [0.15, 0.2) is 0 Å². The van der Waals surface area contributed by atoms with Crippen LogP contribution in [0.4, 0.5) is 13.2 Å². The lowest BCUT2D eigenvalue weighted by atomic mass is 10.4. The minimum absolute atomic E-state index is 0.0189. The van der Waals surface area contributed by atoms with Crippen molar-refractivity contribution >= 4 is 0 Å². The maximum Gasteiger partial charge on any atom is 0.432 e. The molecule has 0 saturated heterocycles. The van der Waals surface area contributed by atoms with Gasteiger partial charge in [-0.3, -0.25) is 5.10 Å². The predicted molar refractivity (Wildman–Crippen MR) is 52.2 cm³/mol. The average molecular weight is 260 g/mol. The average Bonchev–Trinajstić information content (AvgIpc) is 2.77. The number of H-pyrrole nitrogens is 1. The lowest BCUT2D eigenvalue weighted by Gasteiger charge is -2.02. The summed E-state index contributed by atoms with van der Waals surface area (Å²) in [5.74, 6) is 0.0889. The molecule has 0 unspecified atom stereocenters. The summed E-state index contributed by atoms with van der Waals surface area (Å²) in [6.45, 7) is 0. The van der Waals surface area contributed by atoms with E-state index in [1.165, 1.54) is 19.4 Å². The van der Waals surface area contributed by atoms with E-state index in [0.717, 1.165) is 6.07 Å². The highest BCUT2D eigenvalue weighted by Gasteiger charge is 2.33. The molecule has 2 heterocycles. The Balaban J connectivity index is 2.16. The number of aromatic amines is 1. The molecule has 0 amide bonds. The van der Waals surface area contributed by atoms with E-state index >= 15 is 0 Å². The van der Waals surface area contributed by atoms with Crippen LogP contribution < -0.4 is 9.47 Å². The van der Waals surface area contributed by atoms with Gasteiger partial charge in [0.25, 0.3) is 0 Å². The quantitative estimate of drug-likeness (QED) is 0.913. The van der Waals surface area contributed by atoms with Crippen LogP contribution in [0.2, 0.25) is 0 Å². The second kappa shape index (κ2) is 4.51. The van der Waals surface area contributed by atoms with Gasteiger partial charge >= 0.3 is 6.18 Å². The van der Waals surface area contributed by atoms with Gasteiger partial charge in [-0.05, 0) is 0 Å². The Morgan fingerprint density at radius 2 is 2.00 bits per heavy atom. The molecule has 0 spiro atoms. The van der Waals surface area contributed by atoms with Crippen molar-refractivity contribution in [1.29, 1.82) is 0 Å². The highest BCUT2D eigenvalue weighted by atomic mass is 19.4. The van der Waals surface area contributed by atoms with Gasteiger partial charge in [0.1, 0.15) is 11.4 Å². The fourth-order valence-electron chi connectivity index (χ4n) is 1.10. The Labute approximate surface area is 98.7 Å². The lowest BCUT2D eigenvalue weighted by molar-refractivity contribution is -0.141. The number of halogens is 3. The Morgan fingerprint density at radius 1 is 1.22 bits per heavy atom. The van der Waals surface area contributed by atoms with Crippen molar-refractivity contribution in [2.45, 2.75) is 6.18 Å². The fourth-order valence-corrected chi connectivity index (χ4v) is 1.10. The zero-order valence-corrected chi connectivity index (χ0v) is 9.02. The predicted octanol–water partition coefficient (Wildman–Crippen LogP) is 2.02. The number of alkyl halides is 3. The Bertz CT molecular complexity index is 541. The van der Waals surface area contributed by atoms with E-state index in [2.05, 4.69) is 15.3 Å². The second-order valence-corrected chi connectivity index (χ2v) is 3.15. The number of rotatable bonds is 3. The second-order valence-electron chi connectivity index (χ2n) is 3.15.